The fraction of sp³-hybridized carbons (Fsp3) is 0.545. The van der Waals surface area contributed by atoms with E-state index in [1.165, 1.54) is 6.20 Å². The summed E-state index contributed by atoms with van der Waals surface area (Å²) in [6, 6.07) is 3.46. The van der Waals surface area contributed by atoms with Crippen molar-refractivity contribution in [2.45, 2.75) is 32.4 Å². The number of aliphatic hydroxyl groups excluding tert-OH is 1. The first-order valence-electron chi connectivity index (χ1n) is 4.93. The highest BCUT2D eigenvalue weighted by molar-refractivity contribution is 6.30. The largest absolute Gasteiger partial charge is 0.385 e. The first kappa shape index (κ1) is 12.4. The van der Waals surface area contributed by atoms with E-state index in [9.17, 15) is 5.11 Å². The molecule has 1 atom stereocenters. The molecular formula is C11H17ClN2O. The van der Waals surface area contributed by atoms with Crippen molar-refractivity contribution in [1.29, 1.82) is 0 Å². The number of nitrogens with one attached hydrogen (secondary N) is 1. The smallest absolute Gasteiger partial charge is 0.108 e. The van der Waals surface area contributed by atoms with Crippen LogP contribution in [0.15, 0.2) is 18.3 Å². The molecule has 4 heteroatoms. The molecule has 0 spiro atoms. The summed E-state index contributed by atoms with van der Waals surface area (Å²) in [7, 11) is 0. The Kier molecular flexibility index (Phi) is 4.08. The monoisotopic (exact) mass is 228 g/mol. The third kappa shape index (κ3) is 4.60. The van der Waals surface area contributed by atoms with E-state index in [2.05, 4.69) is 31.1 Å². The molecular weight excluding hydrogens is 212 g/mol. The van der Waals surface area contributed by atoms with E-state index >= 15 is 0 Å². The van der Waals surface area contributed by atoms with Gasteiger partial charge in [-0.25, -0.2) is 0 Å². The molecule has 0 aliphatic heterocycles. The number of hydrogen-bond acceptors (Lipinski definition) is 3. The second-order valence-electron chi connectivity index (χ2n) is 4.55. The second-order valence-corrected chi connectivity index (χ2v) is 4.98. The lowest BCUT2D eigenvalue weighted by molar-refractivity contribution is 0.159. The van der Waals surface area contributed by atoms with Gasteiger partial charge in [-0.1, -0.05) is 11.6 Å². The summed E-state index contributed by atoms with van der Waals surface area (Å²) in [5.74, 6) is 0. The summed E-state index contributed by atoms with van der Waals surface area (Å²) in [4.78, 5) is 4.06. The number of hydrogen-bond donors (Lipinski definition) is 2. The van der Waals surface area contributed by atoms with Crippen molar-refractivity contribution < 1.29 is 5.11 Å². The van der Waals surface area contributed by atoms with Crippen LogP contribution in [-0.4, -0.2) is 22.2 Å². The van der Waals surface area contributed by atoms with Gasteiger partial charge in [0, 0.05) is 18.3 Å². The fourth-order valence-corrected chi connectivity index (χ4v) is 1.20. The van der Waals surface area contributed by atoms with Gasteiger partial charge in [0.25, 0.3) is 0 Å². The van der Waals surface area contributed by atoms with Crippen molar-refractivity contribution in [2.75, 3.05) is 6.54 Å². The minimum atomic E-state index is -0.596. The van der Waals surface area contributed by atoms with E-state index in [0.29, 0.717) is 17.3 Å². The molecule has 0 aromatic carbocycles. The fourth-order valence-electron chi connectivity index (χ4n) is 1.09. The van der Waals surface area contributed by atoms with E-state index in [1.54, 1.807) is 12.1 Å². The normalized spacial score (nSPS) is 13.9. The van der Waals surface area contributed by atoms with E-state index < -0.39 is 6.10 Å². The molecule has 0 saturated carbocycles. The molecule has 84 valence electrons. The number of β-amino-alcohol motifs (C(OH)–C–C–N with tert-alkyl or cyclic N) is 1. The van der Waals surface area contributed by atoms with Gasteiger partial charge in [-0.3, -0.25) is 4.98 Å². The zero-order valence-corrected chi connectivity index (χ0v) is 10.0. The van der Waals surface area contributed by atoms with Crippen LogP contribution in [0.5, 0.6) is 0 Å². The van der Waals surface area contributed by atoms with Gasteiger partial charge in [0.1, 0.15) is 6.10 Å². The van der Waals surface area contributed by atoms with Crippen molar-refractivity contribution >= 4 is 11.6 Å². The lowest BCUT2D eigenvalue weighted by Crippen LogP contribution is -2.38. The molecule has 0 saturated heterocycles. The number of rotatable bonds is 3. The first-order valence-corrected chi connectivity index (χ1v) is 5.31. The molecule has 3 nitrogen and oxygen atoms in total. The zero-order chi connectivity index (χ0) is 11.5. The van der Waals surface area contributed by atoms with Gasteiger partial charge in [0.05, 0.1) is 10.7 Å². The summed E-state index contributed by atoms with van der Waals surface area (Å²) in [5, 5.41) is 13.6. The Morgan fingerprint density at radius 2 is 2.13 bits per heavy atom. The zero-order valence-electron chi connectivity index (χ0n) is 9.29. The van der Waals surface area contributed by atoms with Gasteiger partial charge in [0.15, 0.2) is 0 Å². The molecule has 0 fully saturated rings. The van der Waals surface area contributed by atoms with Gasteiger partial charge in [0.2, 0.25) is 0 Å². The Hall–Kier alpha value is -0.640. The predicted molar refractivity (Wildman–Crippen MR) is 62.0 cm³/mol. The minimum Gasteiger partial charge on any atom is -0.385 e. The number of pyridine rings is 1. The molecule has 15 heavy (non-hydrogen) atoms. The van der Waals surface area contributed by atoms with Crippen molar-refractivity contribution in [3.05, 3.63) is 29.0 Å². The van der Waals surface area contributed by atoms with E-state index in [0.717, 1.165) is 0 Å². The summed E-state index contributed by atoms with van der Waals surface area (Å²) in [5.41, 5.74) is 0.629. The molecule has 1 heterocycles. The molecule has 1 rings (SSSR count). The Balaban J connectivity index is 2.54. The summed E-state index contributed by atoms with van der Waals surface area (Å²) < 4.78 is 0. The number of nitrogens with zero attached hydrogens (tertiary/aromatic N) is 1. The van der Waals surface area contributed by atoms with Crippen LogP contribution in [0.2, 0.25) is 5.02 Å². The topological polar surface area (TPSA) is 45.1 Å². The second kappa shape index (κ2) is 4.92. The molecule has 1 aromatic heterocycles. The summed E-state index contributed by atoms with van der Waals surface area (Å²) >= 11 is 5.71. The minimum absolute atomic E-state index is 0.00654. The van der Waals surface area contributed by atoms with Gasteiger partial charge < -0.3 is 10.4 Å². The molecule has 0 aliphatic carbocycles. The predicted octanol–water partition coefficient (Wildman–Crippen LogP) is 2.16. The molecule has 0 aliphatic rings. The Labute approximate surface area is 95.5 Å². The van der Waals surface area contributed by atoms with Gasteiger partial charge >= 0.3 is 0 Å². The van der Waals surface area contributed by atoms with Gasteiger partial charge in [-0.05, 0) is 32.9 Å². The van der Waals surface area contributed by atoms with Crippen LogP contribution >= 0.6 is 11.6 Å². The highest BCUT2D eigenvalue weighted by Gasteiger charge is 2.14. The summed E-state index contributed by atoms with van der Waals surface area (Å²) in [6.45, 7) is 6.64. The third-order valence-electron chi connectivity index (χ3n) is 1.92. The van der Waals surface area contributed by atoms with Crippen LogP contribution in [0.3, 0.4) is 0 Å². The van der Waals surface area contributed by atoms with Gasteiger partial charge in [-0.15, -0.1) is 0 Å². The summed E-state index contributed by atoms with van der Waals surface area (Å²) in [6.07, 6.45) is 0.943. The Morgan fingerprint density at radius 3 is 2.60 bits per heavy atom. The molecule has 0 amide bonds. The van der Waals surface area contributed by atoms with E-state index in [-0.39, 0.29) is 5.54 Å². The van der Waals surface area contributed by atoms with Crippen LogP contribution < -0.4 is 5.32 Å². The molecule has 2 N–H and O–H groups in total. The third-order valence-corrected chi connectivity index (χ3v) is 2.14. The lowest BCUT2D eigenvalue weighted by atomic mass is 10.1. The van der Waals surface area contributed by atoms with Crippen LogP contribution in [0, 0.1) is 0 Å². The Bertz CT molecular complexity index is 305. The van der Waals surface area contributed by atoms with Crippen molar-refractivity contribution in [1.82, 2.24) is 10.3 Å². The molecule has 0 bridgehead atoms. The number of halogens is 1. The maximum atomic E-state index is 9.81. The van der Waals surface area contributed by atoms with Crippen LogP contribution in [0.25, 0.3) is 0 Å². The average Bonchev–Trinajstić information content (AvgIpc) is 2.14. The molecule has 1 aromatic rings. The highest BCUT2D eigenvalue weighted by atomic mass is 35.5. The maximum Gasteiger partial charge on any atom is 0.108 e. The highest BCUT2D eigenvalue weighted by Crippen LogP contribution is 2.13. The standard InChI is InChI=1S/C11H17ClN2O/c1-11(2,3)14-7-10(15)9-5-4-8(12)6-13-9/h4-6,10,14-15H,7H2,1-3H3. The van der Waals surface area contributed by atoms with Crippen molar-refractivity contribution in [3.8, 4) is 0 Å². The van der Waals surface area contributed by atoms with Crippen molar-refractivity contribution in [2.24, 2.45) is 0 Å². The molecule has 1 unspecified atom stereocenters. The van der Waals surface area contributed by atoms with Crippen LogP contribution in [-0.2, 0) is 0 Å². The molecule has 0 radical (unpaired) electrons. The van der Waals surface area contributed by atoms with Crippen LogP contribution in [0.4, 0.5) is 0 Å². The van der Waals surface area contributed by atoms with Crippen molar-refractivity contribution in [3.63, 3.8) is 0 Å². The van der Waals surface area contributed by atoms with E-state index in [1.807, 2.05) is 0 Å². The SMILES string of the molecule is CC(C)(C)NCC(O)c1ccc(Cl)cn1. The maximum absolute atomic E-state index is 9.81. The first-order chi connectivity index (χ1) is 6.88. The number of aliphatic hydroxyl groups is 1. The van der Waals surface area contributed by atoms with E-state index in [4.69, 9.17) is 11.6 Å². The van der Waals surface area contributed by atoms with Gasteiger partial charge in [-0.2, -0.15) is 0 Å². The quantitative estimate of drug-likeness (QED) is 0.834. The number of aromatic nitrogens is 1. The lowest BCUT2D eigenvalue weighted by Gasteiger charge is -2.22. The average molecular weight is 229 g/mol. The van der Waals surface area contributed by atoms with Crippen LogP contribution in [0.1, 0.15) is 32.6 Å². The Morgan fingerprint density at radius 1 is 1.47 bits per heavy atom.